The van der Waals surface area contributed by atoms with Gasteiger partial charge >= 0.3 is 5.97 Å². The molecular weight excluding hydrogens is 290 g/mol. The molecule has 1 aromatic carbocycles. The molecule has 1 aliphatic heterocycles. The van der Waals surface area contributed by atoms with Gasteiger partial charge in [0, 0.05) is 18.8 Å². The van der Waals surface area contributed by atoms with E-state index in [-0.39, 0.29) is 18.1 Å². The van der Waals surface area contributed by atoms with E-state index in [0.717, 1.165) is 11.1 Å². The summed E-state index contributed by atoms with van der Waals surface area (Å²) in [5.41, 5.74) is 2.13. The van der Waals surface area contributed by atoms with Crippen LogP contribution in [0.4, 0.5) is 0 Å². The van der Waals surface area contributed by atoms with Crippen LogP contribution >= 0.6 is 0 Å². The highest BCUT2D eigenvalue weighted by atomic mass is 32.2. The first-order valence-corrected chi connectivity index (χ1v) is 8.99. The zero-order valence-electron chi connectivity index (χ0n) is 12.2. The molecular formula is C15H21NO4S. The molecule has 0 fully saturated rings. The van der Waals surface area contributed by atoms with E-state index < -0.39 is 21.8 Å². The fourth-order valence-corrected chi connectivity index (χ4v) is 4.06. The molecule has 1 heterocycles. The quantitative estimate of drug-likeness (QED) is 0.857. The number of hydrogen-bond acceptors (Lipinski definition) is 4. The topological polar surface area (TPSA) is 74.7 Å². The van der Waals surface area contributed by atoms with E-state index in [1.54, 1.807) is 4.90 Å². The number of nitrogens with zero attached hydrogens (tertiary/aromatic N) is 1. The van der Waals surface area contributed by atoms with Crippen LogP contribution in [0.2, 0.25) is 0 Å². The third-order valence-electron chi connectivity index (χ3n) is 3.84. The molecule has 116 valence electrons. The Morgan fingerprint density at radius 2 is 1.95 bits per heavy atom. The summed E-state index contributed by atoms with van der Waals surface area (Å²) < 4.78 is 23.6. The van der Waals surface area contributed by atoms with Gasteiger partial charge in [-0.25, -0.2) is 8.42 Å². The van der Waals surface area contributed by atoms with E-state index in [2.05, 4.69) is 0 Å². The largest absolute Gasteiger partial charge is 0.480 e. The Bertz CT molecular complexity index is 612. The van der Waals surface area contributed by atoms with Gasteiger partial charge in [0.15, 0.2) is 9.84 Å². The Morgan fingerprint density at radius 3 is 2.57 bits per heavy atom. The molecule has 0 saturated heterocycles. The third kappa shape index (κ3) is 4.04. The summed E-state index contributed by atoms with van der Waals surface area (Å²) in [6, 6.07) is 7.10. The monoisotopic (exact) mass is 311 g/mol. The number of fused-ring (bicyclic) bond motifs is 1. The molecule has 1 aromatic rings. The second-order valence-corrected chi connectivity index (χ2v) is 7.75. The normalized spacial score (nSPS) is 19.2. The molecule has 21 heavy (non-hydrogen) atoms. The Labute approximate surface area is 125 Å². The average molecular weight is 311 g/mol. The minimum Gasteiger partial charge on any atom is -0.480 e. The van der Waals surface area contributed by atoms with Crippen LogP contribution in [-0.2, 0) is 27.6 Å². The first kappa shape index (κ1) is 16.0. The van der Waals surface area contributed by atoms with Crippen LogP contribution in [0.1, 0.15) is 24.5 Å². The molecule has 6 heteroatoms. The smallest absolute Gasteiger partial charge is 0.321 e. The van der Waals surface area contributed by atoms with Gasteiger partial charge in [-0.15, -0.1) is 0 Å². The van der Waals surface area contributed by atoms with Crippen LogP contribution in [-0.4, -0.2) is 48.5 Å². The maximum Gasteiger partial charge on any atom is 0.321 e. The van der Waals surface area contributed by atoms with Crippen LogP contribution in [0.5, 0.6) is 0 Å². The van der Waals surface area contributed by atoms with E-state index in [4.69, 9.17) is 0 Å². The van der Waals surface area contributed by atoms with Crippen molar-refractivity contribution in [1.82, 2.24) is 4.90 Å². The van der Waals surface area contributed by atoms with Gasteiger partial charge in [0.05, 0.1) is 5.75 Å². The van der Waals surface area contributed by atoms with Crippen molar-refractivity contribution < 1.29 is 18.3 Å². The fraction of sp³-hybridized carbons (Fsp3) is 0.533. The van der Waals surface area contributed by atoms with Gasteiger partial charge in [0.25, 0.3) is 0 Å². The third-order valence-corrected chi connectivity index (χ3v) is 5.67. The molecule has 0 bridgehead atoms. The van der Waals surface area contributed by atoms with Gasteiger partial charge in [0.2, 0.25) is 0 Å². The highest BCUT2D eigenvalue weighted by Gasteiger charge is 2.31. The van der Waals surface area contributed by atoms with E-state index >= 15 is 0 Å². The van der Waals surface area contributed by atoms with Crippen LogP contribution < -0.4 is 0 Å². The first-order chi connectivity index (χ1) is 9.93. The minimum absolute atomic E-state index is 0.0206. The Morgan fingerprint density at radius 1 is 1.29 bits per heavy atom. The summed E-state index contributed by atoms with van der Waals surface area (Å²) in [6.07, 6.45) is 1.02. The predicted octanol–water partition coefficient (Wildman–Crippen LogP) is 1.32. The van der Waals surface area contributed by atoms with Gasteiger partial charge in [-0.2, -0.15) is 0 Å². The van der Waals surface area contributed by atoms with E-state index in [1.165, 1.54) is 0 Å². The zero-order valence-corrected chi connectivity index (χ0v) is 13.0. The van der Waals surface area contributed by atoms with E-state index in [1.807, 2.05) is 31.2 Å². The van der Waals surface area contributed by atoms with E-state index in [0.29, 0.717) is 19.4 Å². The summed E-state index contributed by atoms with van der Waals surface area (Å²) in [6.45, 7) is 2.59. The molecule has 1 unspecified atom stereocenters. The molecule has 0 aromatic heterocycles. The Balaban J connectivity index is 2.12. The molecule has 0 saturated carbocycles. The number of aliphatic carboxylic acids is 1. The van der Waals surface area contributed by atoms with Gasteiger partial charge in [-0.1, -0.05) is 31.2 Å². The van der Waals surface area contributed by atoms with Crippen molar-refractivity contribution >= 4 is 15.8 Å². The summed E-state index contributed by atoms with van der Waals surface area (Å²) in [4.78, 5) is 13.2. The summed E-state index contributed by atoms with van der Waals surface area (Å²) in [5, 5.41) is 9.38. The highest BCUT2D eigenvalue weighted by Crippen LogP contribution is 2.23. The SMILES string of the molecule is CCCS(=O)(=O)CCN1Cc2ccccc2CC1C(=O)O. The average Bonchev–Trinajstić information content (AvgIpc) is 2.44. The second kappa shape index (κ2) is 6.58. The molecule has 5 nitrogen and oxygen atoms in total. The van der Waals surface area contributed by atoms with Crippen molar-refractivity contribution in [2.24, 2.45) is 0 Å². The standard InChI is InChI=1S/C15H21NO4S/c1-2-8-21(19,20)9-7-16-11-13-6-4-3-5-12(13)10-14(16)15(17)18/h3-6,14H,2,7-11H2,1H3,(H,17,18). The molecule has 0 aliphatic carbocycles. The lowest BCUT2D eigenvalue weighted by Gasteiger charge is -2.34. The van der Waals surface area contributed by atoms with Crippen molar-refractivity contribution in [3.63, 3.8) is 0 Å². The van der Waals surface area contributed by atoms with Gasteiger partial charge < -0.3 is 5.11 Å². The van der Waals surface area contributed by atoms with Gasteiger partial charge in [-0.05, 0) is 24.0 Å². The van der Waals surface area contributed by atoms with Crippen molar-refractivity contribution in [3.05, 3.63) is 35.4 Å². The molecule has 2 rings (SSSR count). The van der Waals surface area contributed by atoms with Crippen LogP contribution in [0, 0.1) is 0 Å². The number of rotatable bonds is 6. The number of hydrogen-bond donors (Lipinski definition) is 1. The fourth-order valence-electron chi connectivity index (χ4n) is 2.73. The van der Waals surface area contributed by atoms with Crippen molar-refractivity contribution in [2.45, 2.75) is 32.4 Å². The van der Waals surface area contributed by atoms with Crippen molar-refractivity contribution in [3.8, 4) is 0 Å². The molecule has 1 aliphatic rings. The number of carboxylic acids is 1. The molecule has 1 atom stereocenters. The molecule has 0 amide bonds. The number of benzene rings is 1. The summed E-state index contributed by atoms with van der Waals surface area (Å²) in [7, 11) is -3.09. The Kier molecular flexibility index (Phi) is 5.00. The molecule has 0 radical (unpaired) electrons. The number of sulfone groups is 1. The van der Waals surface area contributed by atoms with Crippen LogP contribution in [0.15, 0.2) is 24.3 Å². The number of carboxylic acid groups (broad SMARTS) is 1. The summed E-state index contributed by atoms with van der Waals surface area (Å²) >= 11 is 0. The second-order valence-electron chi connectivity index (χ2n) is 5.45. The predicted molar refractivity (Wildman–Crippen MR) is 80.9 cm³/mol. The maximum atomic E-state index is 11.8. The lowest BCUT2D eigenvalue weighted by atomic mass is 9.94. The summed E-state index contributed by atoms with van der Waals surface area (Å²) in [5.74, 6) is -0.709. The lowest BCUT2D eigenvalue weighted by Crippen LogP contribution is -2.47. The van der Waals surface area contributed by atoms with E-state index in [9.17, 15) is 18.3 Å². The molecule has 1 N–H and O–H groups in total. The zero-order chi connectivity index (χ0) is 15.5. The lowest BCUT2D eigenvalue weighted by molar-refractivity contribution is -0.143. The van der Waals surface area contributed by atoms with Gasteiger partial charge in [-0.3, -0.25) is 9.69 Å². The maximum absolute atomic E-state index is 11.8. The minimum atomic E-state index is -3.09. The van der Waals surface area contributed by atoms with Crippen molar-refractivity contribution in [1.29, 1.82) is 0 Å². The first-order valence-electron chi connectivity index (χ1n) is 7.17. The van der Waals surface area contributed by atoms with Gasteiger partial charge in [0.1, 0.15) is 6.04 Å². The highest BCUT2D eigenvalue weighted by molar-refractivity contribution is 7.91. The van der Waals surface area contributed by atoms with Crippen LogP contribution in [0.25, 0.3) is 0 Å². The van der Waals surface area contributed by atoms with Crippen molar-refractivity contribution in [2.75, 3.05) is 18.1 Å². The Hall–Kier alpha value is -1.40. The van der Waals surface area contributed by atoms with Crippen LogP contribution in [0.3, 0.4) is 0 Å². The number of carbonyl (C=O) groups is 1. The molecule has 0 spiro atoms.